The second kappa shape index (κ2) is 5.53. The van der Waals surface area contributed by atoms with E-state index in [9.17, 15) is 4.39 Å². The van der Waals surface area contributed by atoms with Crippen LogP contribution >= 0.6 is 15.9 Å². The van der Waals surface area contributed by atoms with Crippen LogP contribution in [0.25, 0.3) is 0 Å². The smallest absolute Gasteiger partial charge is 0.137 e. The van der Waals surface area contributed by atoms with Crippen LogP contribution in [-0.2, 0) is 6.42 Å². The predicted molar refractivity (Wildman–Crippen MR) is 79.6 cm³/mol. The van der Waals surface area contributed by atoms with Gasteiger partial charge in [0.2, 0.25) is 0 Å². The molecule has 0 radical (unpaired) electrons. The number of hydrogen-bond acceptors (Lipinski definition) is 1. The van der Waals surface area contributed by atoms with Gasteiger partial charge in [-0.15, -0.1) is 0 Å². The van der Waals surface area contributed by atoms with Gasteiger partial charge in [-0.25, -0.2) is 4.39 Å². The molecule has 4 unspecified atom stereocenters. The van der Waals surface area contributed by atoms with Crippen LogP contribution in [0.2, 0.25) is 0 Å². The average molecular weight is 326 g/mol. The molecule has 0 spiro atoms. The van der Waals surface area contributed by atoms with Gasteiger partial charge in [-0.1, -0.05) is 12.5 Å². The van der Waals surface area contributed by atoms with Crippen molar-refractivity contribution in [3.63, 3.8) is 0 Å². The maximum absolute atomic E-state index is 13.3. The third-order valence-electron chi connectivity index (χ3n) is 5.12. The normalized spacial score (nSPS) is 30.8. The Morgan fingerprint density at radius 1 is 1.37 bits per heavy atom. The maximum Gasteiger partial charge on any atom is 0.137 e. The summed E-state index contributed by atoms with van der Waals surface area (Å²) in [5.74, 6) is 2.54. The first-order chi connectivity index (χ1) is 9.17. The Kier molecular flexibility index (Phi) is 3.95. The Morgan fingerprint density at radius 3 is 2.79 bits per heavy atom. The predicted octanol–water partition coefficient (Wildman–Crippen LogP) is 4.15. The monoisotopic (exact) mass is 325 g/mol. The summed E-state index contributed by atoms with van der Waals surface area (Å²) in [4.78, 5) is 0. The Hall–Kier alpha value is -0.410. The molecule has 1 aromatic carbocycles. The first-order valence-corrected chi connectivity index (χ1v) is 8.08. The van der Waals surface area contributed by atoms with Crippen molar-refractivity contribution in [3.05, 3.63) is 34.1 Å². The lowest BCUT2D eigenvalue weighted by atomic mass is 9.81. The lowest BCUT2D eigenvalue weighted by molar-refractivity contribution is 0.255. The summed E-state index contributed by atoms with van der Waals surface area (Å²) < 4.78 is 13.9. The third-order valence-corrected chi connectivity index (χ3v) is 5.73. The Bertz CT molecular complexity index is 462. The van der Waals surface area contributed by atoms with Gasteiger partial charge in [0.25, 0.3) is 0 Å². The number of rotatable bonds is 4. The van der Waals surface area contributed by atoms with Crippen molar-refractivity contribution >= 4 is 15.9 Å². The molecule has 4 atom stereocenters. The highest BCUT2D eigenvalue weighted by Crippen LogP contribution is 2.49. The molecule has 2 aliphatic carbocycles. The van der Waals surface area contributed by atoms with E-state index in [1.165, 1.54) is 31.2 Å². The zero-order chi connectivity index (χ0) is 13.4. The van der Waals surface area contributed by atoms with Gasteiger partial charge in [-0.3, -0.25) is 0 Å². The third kappa shape index (κ3) is 2.73. The van der Waals surface area contributed by atoms with Crippen LogP contribution in [0.15, 0.2) is 22.7 Å². The van der Waals surface area contributed by atoms with Crippen molar-refractivity contribution in [1.29, 1.82) is 0 Å². The second-order valence-corrected chi connectivity index (χ2v) is 7.04. The van der Waals surface area contributed by atoms with Gasteiger partial charge in [0.15, 0.2) is 0 Å². The number of benzene rings is 1. The molecule has 2 saturated carbocycles. The first kappa shape index (κ1) is 13.6. The largest absolute Gasteiger partial charge is 0.316 e. The Labute approximate surface area is 123 Å². The van der Waals surface area contributed by atoms with E-state index in [1.54, 1.807) is 6.07 Å². The minimum absolute atomic E-state index is 0.176. The highest BCUT2D eigenvalue weighted by Gasteiger charge is 2.42. The zero-order valence-electron chi connectivity index (χ0n) is 11.3. The maximum atomic E-state index is 13.3. The Balaban J connectivity index is 1.71. The fourth-order valence-electron chi connectivity index (χ4n) is 4.17. The topological polar surface area (TPSA) is 12.0 Å². The van der Waals surface area contributed by atoms with Crippen molar-refractivity contribution in [2.75, 3.05) is 7.05 Å². The van der Waals surface area contributed by atoms with E-state index >= 15 is 0 Å². The van der Waals surface area contributed by atoms with Crippen molar-refractivity contribution < 1.29 is 4.39 Å². The van der Waals surface area contributed by atoms with Gasteiger partial charge >= 0.3 is 0 Å². The van der Waals surface area contributed by atoms with Crippen molar-refractivity contribution in [2.24, 2.45) is 17.8 Å². The molecular weight excluding hydrogens is 305 g/mol. The minimum atomic E-state index is -0.176. The molecule has 19 heavy (non-hydrogen) atoms. The molecule has 1 N–H and O–H groups in total. The molecule has 2 aliphatic rings. The van der Waals surface area contributed by atoms with E-state index in [0.717, 1.165) is 24.2 Å². The molecule has 104 valence electrons. The molecule has 1 aromatic rings. The van der Waals surface area contributed by atoms with Crippen molar-refractivity contribution in [3.8, 4) is 0 Å². The molecular formula is C16H21BrFN. The van der Waals surface area contributed by atoms with Gasteiger partial charge in [0.1, 0.15) is 5.82 Å². The van der Waals surface area contributed by atoms with E-state index in [4.69, 9.17) is 0 Å². The quantitative estimate of drug-likeness (QED) is 0.876. The fraction of sp³-hybridized carbons (Fsp3) is 0.625. The fourth-order valence-corrected chi connectivity index (χ4v) is 4.60. The molecule has 3 heteroatoms. The summed E-state index contributed by atoms with van der Waals surface area (Å²) in [6.45, 7) is 0. The minimum Gasteiger partial charge on any atom is -0.316 e. The van der Waals surface area contributed by atoms with Gasteiger partial charge in [-0.05, 0) is 84.1 Å². The summed E-state index contributed by atoms with van der Waals surface area (Å²) >= 11 is 3.28. The Morgan fingerprint density at radius 2 is 2.21 bits per heavy atom. The summed E-state index contributed by atoms with van der Waals surface area (Å²) in [7, 11) is 2.06. The van der Waals surface area contributed by atoms with Crippen LogP contribution in [0.5, 0.6) is 0 Å². The van der Waals surface area contributed by atoms with Gasteiger partial charge in [0.05, 0.1) is 4.47 Å². The van der Waals surface area contributed by atoms with E-state index in [-0.39, 0.29) is 5.82 Å². The van der Waals surface area contributed by atoms with Crippen LogP contribution in [0.4, 0.5) is 4.39 Å². The van der Waals surface area contributed by atoms with Gasteiger partial charge in [0, 0.05) is 6.04 Å². The summed E-state index contributed by atoms with van der Waals surface area (Å²) in [6.07, 6.45) is 6.69. The molecule has 0 aliphatic heterocycles. The number of likely N-dealkylation sites (N-methyl/N-ethyl adjacent to an activating group) is 1. The van der Waals surface area contributed by atoms with Gasteiger partial charge in [-0.2, -0.15) is 0 Å². The SMILES string of the molecule is CNC(Cc1ccc(F)c(Br)c1)C1CC2CCC1C2. The van der Waals surface area contributed by atoms with E-state index in [0.29, 0.717) is 10.5 Å². The highest BCUT2D eigenvalue weighted by atomic mass is 79.9. The lowest BCUT2D eigenvalue weighted by Gasteiger charge is -2.30. The van der Waals surface area contributed by atoms with E-state index in [2.05, 4.69) is 28.3 Å². The molecule has 0 aromatic heterocycles. The van der Waals surface area contributed by atoms with Crippen LogP contribution in [0, 0.1) is 23.6 Å². The number of hydrogen-bond donors (Lipinski definition) is 1. The molecule has 2 fully saturated rings. The molecule has 1 nitrogen and oxygen atoms in total. The average Bonchev–Trinajstić information content (AvgIpc) is 3.02. The van der Waals surface area contributed by atoms with Gasteiger partial charge < -0.3 is 5.32 Å². The lowest BCUT2D eigenvalue weighted by Crippen LogP contribution is -2.38. The molecule has 3 rings (SSSR count). The molecule has 0 saturated heterocycles. The van der Waals surface area contributed by atoms with Crippen LogP contribution < -0.4 is 5.32 Å². The summed E-state index contributed by atoms with van der Waals surface area (Å²) in [5, 5.41) is 3.50. The van der Waals surface area contributed by atoms with Crippen LogP contribution in [-0.4, -0.2) is 13.1 Å². The first-order valence-electron chi connectivity index (χ1n) is 7.28. The summed E-state index contributed by atoms with van der Waals surface area (Å²) in [5.41, 5.74) is 1.22. The molecule has 0 amide bonds. The number of nitrogens with one attached hydrogen (secondary N) is 1. The number of halogens is 2. The zero-order valence-corrected chi connectivity index (χ0v) is 12.9. The molecule has 0 heterocycles. The standard InChI is InChI=1S/C16H21BrFN/c1-19-16(13-7-10-2-4-12(13)6-10)9-11-3-5-15(18)14(17)8-11/h3,5,8,10,12-13,16,19H,2,4,6-7,9H2,1H3. The molecule has 2 bridgehead atoms. The van der Waals surface area contributed by atoms with E-state index < -0.39 is 0 Å². The van der Waals surface area contributed by atoms with Crippen LogP contribution in [0.1, 0.15) is 31.2 Å². The summed E-state index contributed by atoms with van der Waals surface area (Å²) in [6, 6.07) is 5.94. The van der Waals surface area contributed by atoms with E-state index in [1.807, 2.05) is 12.1 Å². The second-order valence-electron chi connectivity index (χ2n) is 6.19. The highest BCUT2D eigenvalue weighted by molar-refractivity contribution is 9.10. The van der Waals surface area contributed by atoms with Crippen molar-refractivity contribution in [1.82, 2.24) is 5.32 Å². The number of fused-ring (bicyclic) bond motifs is 2. The van der Waals surface area contributed by atoms with Crippen LogP contribution in [0.3, 0.4) is 0 Å². The van der Waals surface area contributed by atoms with Crippen molar-refractivity contribution in [2.45, 2.75) is 38.1 Å².